The molecule has 0 unspecified atom stereocenters. The predicted molar refractivity (Wildman–Crippen MR) is 101 cm³/mol. The van der Waals surface area contributed by atoms with Gasteiger partial charge in [-0.05, 0) is 42.7 Å². The number of rotatable bonds is 2. The Hall–Kier alpha value is -2.72. The third-order valence-corrected chi connectivity index (χ3v) is 5.00. The average Bonchev–Trinajstić information content (AvgIpc) is 3.07. The molecule has 2 aromatic carbocycles. The van der Waals surface area contributed by atoms with Gasteiger partial charge in [0.1, 0.15) is 0 Å². The highest BCUT2D eigenvalue weighted by atomic mass is 32.1. The van der Waals surface area contributed by atoms with Gasteiger partial charge in [-0.1, -0.05) is 59.9 Å². The van der Waals surface area contributed by atoms with Crippen LogP contribution in [0.15, 0.2) is 53.3 Å². The molecule has 0 fully saturated rings. The first-order valence-electron chi connectivity index (χ1n) is 7.79. The highest BCUT2D eigenvalue weighted by molar-refractivity contribution is 7.15. The van der Waals surface area contributed by atoms with Crippen molar-refractivity contribution >= 4 is 39.5 Å². The van der Waals surface area contributed by atoms with Crippen LogP contribution in [-0.4, -0.2) is 9.38 Å². The number of thiazole rings is 1. The number of nitrogens with zero attached hydrogens (tertiary/aromatic N) is 2. The summed E-state index contributed by atoms with van der Waals surface area (Å²) in [7, 11) is 0. The first-order chi connectivity index (χ1) is 11.6. The van der Waals surface area contributed by atoms with Gasteiger partial charge in [0.2, 0.25) is 0 Å². The van der Waals surface area contributed by atoms with E-state index in [2.05, 4.69) is 11.1 Å². The van der Waals surface area contributed by atoms with E-state index in [0.717, 1.165) is 32.7 Å². The molecule has 0 bridgehead atoms. The summed E-state index contributed by atoms with van der Waals surface area (Å²) >= 11 is 1.43. The van der Waals surface area contributed by atoms with E-state index in [1.807, 2.05) is 68.5 Å². The van der Waals surface area contributed by atoms with E-state index in [9.17, 15) is 4.79 Å². The van der Waals surface area contributed by atoms with Crippen LogP contribution in [0, 0.1) is 13.8 Å². The number of imidazole rings is 1. The number of hydrogen-bond donors (Lipinski definition) is 0. The van der Waals surface area contributed by atoms with Crippen LogP contribution in [0.2, 0.25) is 0 Å². The van der Waals surface area contributed by atoms with Crippen LogP contribution >= 0.6 is 11.3 Å². The number of benzene rings is 2. The molecule has 118 valence electrons. The van der Waals surface area contributed by atoms with Crippen molar-refractivity contribution in [3.05, 3.63) is 80.1 Å². The summed E-state index contributed by atoms with van der Waals surface area (Å²) < 4.78 is 2.42. The van der Waals surface area contributed by atoms with E-state index in [1.165, 1.54) is 11.3 Å². The predicted octanol–water partition coefficient (Wildman–Crippen LogP) is 3.74. The quantitative estimate of drug-likeness (QED) is 0.560. The highest BCUT2D eigenvalue weighted by Gasteiger charge is 2.12. The number of hydrogen-bond acceptors (Lipinski definition) is 3. The van der Waals surface area contributed by atoms with Crippen molar-refractivity contribution < 1.29 is 0 Å². The SMILES string of the molecule is Cc1cc(C)c2nc3sc(=C/C=C/c4ccccc4)c(=O)n3c2c1. The van der Waals surface area contributed by atoms with E-state index in [-0.39, 0.29) is 5.56 Å². The third-order valence-electron chi connectivity index (χ3n) is 4.02. The molecule has 4 heteroatoms. The molecule has 0 aliphatic heterocycles. The molecular weight excluding hydrogens is 316 g/mol. The molecule has 0 amide bonds. The van der Waals surface area contributed by atoms with Gasteiger partial charge in [0.25, 0.3) is 5.56 Å². The van der Waals surface area contributed by atoms with Crippen molar-refractivity contribution in [1.82, 2.24) is 9.38 Å². The fraction of sp³-hybridized carbons (Fsp3) is 0.100. The molecule has 3 nitrogen and oxygen atoms in total. The average molecular weight is 332 g/mol. The molecule has 0 aliphatic rings. The summed E-state index contributed by atoms with van der Waals surface area (Å²) in [4.78, 5) is 18.1. The molecule has 4 aromatic rings. The van der Waals surface area contributed by atoms with Gasteiger partial charge in [-0.2, -0.15) is 0 Å². The van der Waals surface area contributed by atoms with E-state index >= 15 is 0 Å². The summed E-state index contributed by atoms with van der Waals surface area (Å²) in [5.41, 5.74) is 5.17. The molecule has 2 heterocycles. The van der Waals surface area contributed by atoms with Crippen molar-refractivity contribution in [2.75, 3.05) is 0 Å². The van der Waals surface area contributed by atoms with Crippen LogP contribution in [0.4, 0.5) is 0 Å². The smallest absolute Gasteiger partial charge is 0.267 e. The van der Waals surface area contributed by atoms with Gasteiger partial charge in [-0.15, -0.1) is 0 Å². The second-order valence-electron chi connectivity index (χ2n) is 5.89. The number of aryl methyl sites for hydroxylation is 2. The van der Waals surface area contributed by atoms with E-state index in [0.29, 0.717) is 4.53 Å². The van der Waals surface area contributed by atoms with E-state index < -0.39 is 0 Å². The largest absolute Gasteiger partial charge is 0.274 e. The normalized spacial score (nSPS) is 12.8. The summed E-state index contributed by atoms with van der Waals surface area (Å²) in [6, 6.07) is 14.2. The van der Waals surface area contributed by atoms with Crippen LogP contribution in [0.3, 0.4) is 0 Å². The van der Waals surface area contributed by atoms with Crippen LogP contribution in [0.1, 0.15) is 16.7 Å². The molecule has 0 saturated carbocycles. The van der Waals surface area contributed by atoms with Crippen LogP contribution < -0.4 is 10.1 Å². The maximum absolute atomic E-state index is 12.7. The van der Waals surface area contributed by atoms with Gasteiger partial charge >= 0.3 is 0 Å². The Morgan fingerprint density at radius 1 is 1.12 bits per heavy atom. The van der Waals surface area contributed by atoms with Crippen LogP contribution in [0.5, 0.6) is 0 Å². The summed E-state index contributed by atoms with van der Waals surface area (Å²) in [5.74, 6) is 0. The summed E-state index contributed by atoms with van der Waals surface area (Å²) in [5, 5.41) is 0. The third kappa shape index (κ3) is 2.45. The molecule has 0 atom stereocenters. The molecule has 4 rings (SSSR count). The zero-order chi connectivity index (χ0) is 16.7. The number of allylic oxidation sites excluding steroid dienone is 1. The minimum Gasteiger partial charge on any atom is -0.267 e. The number of aromatic nitrogens is 2. The Bertz CT molecular complexity index is 1180. The van der Waals surface area contributed by atoms with Gasteiger partial charge in [-0.3, -0.25) is 4.79 Å². The Kier molecular flexibility index (Phi) is 3.54. The summed E-state index contributed by atoms with van der Waals surface area (Å²) in [6.07, 6.45) is 5.78. The topological polar surface area (TPSA) is 34.4 Å². The lowest BCUT2D eigenvalue weighted by atomic mass is 10.1. The van der Waals surface area contributed by atoms with E-state index in [1.54, 1.807) is 4.40 Å². The zero-order valence-electron chi connectivity index (χ0n) is 13.5. The standard InChI is InChI=1S/C20H16N2OS/c1-13-11-14(2)18-16(12-13)22-19(23)17(24-20(22)21-18)10-6-9-15-7-4-3-5-8-15/h3-12H,1-2H3/b9-6+,17-10?. The van der Waals surface area contributed by atoms with Crippen molar-refractivity contribution in [3.63, 3.8) is 0 Å². The lowest BCUT2D eigenvalue weighted by molar-refractivity contribution is 1.19. The Balaban J connectivity index is 1.86. The second kappa shape index (κ2) is 5.73. The first-order valence-corrected chi connectivity index (χ1v) is 8.61. The maximum Gasteiger partial charge on any atom is 0.274 e. The van der Waals surface area contributed by atoms with Crippen molar-refractivity contribution in [2.24, 2.45) is 0 Å². The van der Waals surface area contributed by atoms with E-state index in [4.69, 9.17) is 0 Å². The highest BCUT2D eigenvalue weighted by Crippen LogP contribution is 2.21. The van der Waals surface area contributed by atoms with Crippen LogP contribution in [-0.2, 0) is 0 Å². The fourth-order valence-electron chi connectivity index (χ4n) is 2.94. The van der Waals surface area contributed by atoms with Crippen LogP contribution in [0.25, 0.3) is 28.1 Å². The van der Waals surface area contributed by atoms with Gasteiger partial charge in [-0.25, -0.2) is 9.38 Å². The molecule has 2 aromatic heterocycles. The molecule has 0 spiro atoms. The lowest BCUT2D eigenvalue weighted by Gasteiger charge is -1.97. The molecule has 0 N–H and O–H groups in total. The molecule has 0 radical (unpaired) electrons. The van der Waals surface area contributed by atoms with Gasteiger partial charge < -0.3 is 0 Å². The minimum absolute atomic E-state index is 0.000196. The van der Waals surface area contributed by atoms with Gasteiger partial charge in [0.15, 0.2) is 4.96 Å². The minimum atomic E-state index is 0.000196. The monoisotopic (exact) mass is 332 g/mol. The van der Waals surface area contributed by atoms with Crippen molar-refractivity contribution in [1.29, 1.82) is 0 Å². The second-order valence-corrected chi connectivity index (χ2v) is 6.90. The first kappa shape index (κ1) is 14.8. The van der Waals surface area contributed by atoms with Crippen molar-refractivity contribution in [2.45, 2.75) is 13.8 Å². The fourth-order valence-corrected chi connectivity index (χ4v) is 3.87. The lowest BCUT2D eigenvalue weighted by Crippen LogP contribution is -2.22. The maximum atomic E-state index is 12.7. The Morgan fingerprint density at radius 3 is 2.71 bits per heavy atom. The van der Waals surface area contributed by atoms with Crippen molar-refractivity contribution in [3.8, 4) is 0 Å². The molecular formula is C20H16N2OS. The Labute approximate surface area is 143 Å². The summed E-state index contributed by atoms with van der Waals surface area (Å²) in [6.45, 7) is 4.07. The van der Waals surface area contributed by atoms with Gasteiger partial charge in [0.05, 0.1) is 15.6 Å². The zero-order valence-corrected chi connectivity index (χ0v) is 14.3. The Morgan fingerprint density at radius 2 is 1.92 bits per heavy atom. The molecule has 0 aliphatic carbocycles. The molecule has 24 heavy (non-hydrogen) atoms. The van der Waals surface area contributed by atoms with Gasteiger partial charge in [0, 0.05) is 0 Å². The molecule has 0 saturated heterocycles. The number of fused-ring (bicyclic) bond motifs is 3.